The van der Waals surface area contributed by atoms with Crippen molar-refractivity contribution < 1.29 is 14.3 Å². The Balaban J connectivity index is 2.79. The number of hydrazone groups is 1. The van der Waals surface area contributed by atoms with Gasteiger partial charge in [-0.1, -0.05) is 15.9 Å². The summed E-state index contributed by atoms with van der Waals surface area (Å²) in [6.45, 7) is 0. The number of amides is 1. The number of halogens is 1. The molecule has 0 aliphatic heterocycles. The van der Waals surface area contributed by atoms with Crippen LogP contribution in [-0.2, 0) is 4.74 Å². The molecule has 5 nitrogen and oxygen atoms in total. The smallest absolute Gasteiger partial charge is 0.427 e. The van der Waals surface area contributed by atoms with Gasteiger partial charge in [0, 0.05) is 10.0 Å². The van der Waals surface area contributed by atoms with Crippen LogP contribution in [0.4, 0.5) is 4.79 Å². The van der Waals surface area contributed by atoms with Gasteiger partial charge in [-0.2, -0.15) is 5.10 Å². The van der Waals surface area contributed by atoms with Crippen LogP contribution in [0.1, 0.15) is 5.56 Å². The normalized spacial score (nSPS) is 10.2. The predicted molar refractivity (Wildman–Crippen MR) is 63.8 cm³/mol. The Kier molecular flexibility index (Phi) is 4.78. The van der Waals surface area contributed by atoms with Crippen molar-refractivity contribution >= 4 is 28.2 Å². The topological polar surface area (TPSA) is 59.9 Å². The van der Waals surface area contributed by atoms with Crippen LogP contribution in [0.3, 0.4) is 0 Å². The number of carbonyl (C=O) groups excluding carboxylic acids is 1. The minimum Gasteiger partial charge on any atom is -0.496 e. The summed E-state index contributed by atoms with van der Waals surface area (Å²) in [5, 5.41) is 3.71. The molecule has 1 aromatic rings. The highest BCUT2D eigenvalue weighted by Gasteiger charge is 2.01. The Morgan fingerprint density at radius 2 is 2.25 bits per heavy atom. The van der Waals surface area contributed by atoms with Gasteiger partial charge >= 0.3 is 6.09 Å². The van der Waals surface area contributed by atoms with Crippen molar-refractivity contribution in [1.82, 2.24) is 5.43 Å². The number of rotatable bonds is 3. The minimum absolute atomic E-state index is 0.620. The van der Waals surface area contributed by atoms with Crippen molar-refractivity contribution in [3.8, 4) is 5.75 Å². The molecule has 1 rings (SSSR count). The Morgan fingerprint density at radius 1 is 1.50 bits per heavy atom. The van der Waals surface area contributed by atoms with Crippen LogP contribution in [0.15, 0.2) is 27.8 Å². The van der Waals surface area contributed by atoms with E-state index in [-0.39, 0.29) is 0 Å². The first-order valence-electron chi connectivity index (χ1n) is 4.38. The molecule has 0 bridgehead atoms. The fourth-order valence-corrected chi connectivity index (χ4v) is 1.39. The average Bonchev–Trinajstić information content (AvgIpc) is 2.29. The molecule has 86 valence electrons. The zero-order chi connectivity index (χ0) is 12.0. The van der Waals surface area contributed by atoms with E-state index in [1.807, 2.05) is 12.1 Å². The molecule has 0 unspecified atom stereocenters. The molecule has 0 spiro atoms. The summed E-state index contributed by atoms with van der Waals surface area (Å²) in [5.74, 6) is 0.665. The number of benzene rings is 1. The van der Waals surface area contributed by atoms with Gasteiger partial charge in [0.25, 0.3) is 0 Å². The lowest BCUT2D eigenvalue weighted by molar-refractivity contribution is 0.171. The zero-order valence-electron chi connectivity index (χ0n) is 8.86. The van der Waals surface area contributed by atoms with E-state index in [4.69, 9.17) is 4.74 Å². The van der Waals surface area contributed by atoms with Gasteiger partial charge in [0.1, 0.15) is 5.75 Å². The Bertz CT molecular complexity index is 407. The summed E-state index contributed by atoms with van der Waals surface area (Å²) in [7, 11) is 2.83. The first kappa shape index (κ1) is 12.5. The Labute approximate surface area is 102 Å². The van der Waals surface area contributed by atoms with Gasteiger partial charge in [0.2, 0.25) is 0 Å². The lowest BCUT2D eigenvalue weighted by Crippen LogP contribution is -2.16. The molecule has 6 heteroatoms. The van der Waals surface area contributed by atoms with Crippen LogP contribution < -0.4 is 10.2 Å². The molecule has 16 heavy (non-hydrogen) atoms. The largest absolute Gasteiger partial charge is 0.496 e. The van der Waals surface area contributed by atoms with Crippen LogP contribution in [0, 0.1) is 0 Å². The van der Waals surface area contributed by atoms with E-state index in [0.29, 0.717) is 5.75 Å². The first-order valence-corrected chi connectivity index (χ1v) is 5.17. The van der Waals surface area contributed by atoms with Crippen LogP contribution >= 0.6 is 15.9 Å². The highest BCUT2D eigenvalue weighted by Crippen LogP contribution is 2.21. The van der Waals surface area contributed by atoms with Crippen molar-refractivity contribution in [3.63, 3.8) is 0 Å². The van der Waals surface area contributed by atoms with Gasteiger partial charge in [-0.05, 0) is 18.2 Å². The number of hydrogen-bond acceptors (Lipinski definition) is 4. The number of nitrogens with one attached hydrogen (secondary N) is 1. The van der Waals surface area contributed by atoms with E-state index in [9.17, 15) is 4.79 Å². The lowest BCUT2D eigenvalue weighted by Gasteiger charge is -2.04. The van der Waals surface area contributed by atoms with Crippen LogP contribution in [0.25, 0.3) is 0 Å². The third-order valence-electron chi connectivity index (χ3n) is 1.74. The van der Waals surface area contributed by atoms with Gasteiger partial charge in [-0.3, -0.25) is 0 Å². The van der Waals surface area contributed by atoms with Crippen LogP contribution in [0.2, 0.25) is 0 Å². The van der Waals surface area contributed by atoms with Gasteiger partial charge in [-0.25, -0.2) is 10.2 Å². The molecule has 0 saturated carbocycles. The van der Waals surface area contributed by atoms with Crippen LogP contribution in [-0.4, -0.2) is 26.5 Å². The molecule has 0 aliphatic carbocycles. The quantitative estimate of drug-likeness (QED) is 0.684. The predicted octanol–water partition coefficient (Wildman–Crippen LogP) is 2.15. The molecule has 0 saturated heterocycles. The second kappa shape index (κ2) is 6.12. The standard InChI is InChI=1S/C10H11BrN2O3/c1-15-9-4-3-8(11)5-7(9)6-12-13-10(14)16-2/h3-6H,1-2H3,(H,13,14)/b12-6-. The molecule has 0 radical (unpaired) electrons. The average molecular weight is 287 g/mol. The highest BCUT2D eigenvalue weighted by molar-refractivity contribution is 9.10. The van der Waals surface area contributed by atoms with E-state index < -0.39 is 6.09 Å². The van der Waals surface area contributed by atoms with Gasteiger partial charge in [0.05, 0.1) is 20.4 Å². The Hall–Kier alpha value is -1.56. The number of nitrogens with zero attached hydrogens (tertiary/aromatic N) is 1. The summed E-state index contributed by atoms with van der Waals surface area (Å²) < 4.78 is 10.4. The number of ether oxygens (including phenoxy) is 2. The summed E-state index contributed by atoms with van der Waals surface area (Å²) in [6.07, 6.45) is 0.853. The van der Waals surface area contributed by atoms with Gasteiger partial charge in [-0.15, -0.1) is 0 Å². The van der Waals surface area contributed by atoms with Crippen molar-refractivity contribution in [3.05, 3.63) is 28.2 Å². The second-order valence-electron chi connectivity index (χ2n) is 2.75. The fourth-order valence-electron chi connectivity index (χ4n) is 1.01. The first-order chi connectivity index (χ1) is 7.67. The second-order valence-corrected chi connectivity index (χ2v) is 3.66. The number of hydrogen-bond donors (Lipinski definition) is 1. The maximum atomic E-state index is 10.7. The van der Waals surface area contributed by atoms with Crippen LogP contribution in [0.5, 0.6) is 5.75 Å². The molecule has 0 atom stereocenters. The molecule has 1 amide bonds. The van der Waals surface area contributed by atoms with Crippen molar-refractivity contribution in [2.45, 2.75) is 0 Å². The highest BCUT2D eigenvalue weighted by atomic mass is 79.9. The van der Waals surface area contributed by atoms with E-state index in [0.717, 1.165) is 10.0 Å². The van der Waals surface area contributed by atoms with E-state index in [1.54, 1.807) is 13.2 Å². The lowest BCUT2D eigenvalue weighted by atomic mass is 10.2. The van der Waals surface area contributed by atoms with E-state index in [2.05, 4.69) is 31.2 Å². The number of carbonyl (C=O) groups is 1. The maximum absolute atomic E-state index is 10.7. The molecule has 0 heterocycles. The van der Waals surface area contributed by atoms with Gasteiger partial charge < -0.3 is 9.47 Å². The van der Waals surface area contributed by atoms with Crippen molar-refractivity contribution in [2.75, 3.05) is 14.2 Å². The molecule has 1 N–H and O–H groups in total. The van der Waals surface area contributed by atoms with Crippen molar-refractivity contribution in [2.24, 2.45) is 5.10 Å². The van der Waals surface area contributed by atoms with Crippen molar-refractivity contribution in [1.29, 1.82) is 0 Å². The number of methoxy groups -OCH3 is 2. The summed E-state index contributed by atoms with van der Waals surface area (Å²) >= 11 is 3.33. The monoisotopic (exact) mass is 286 g/mol. The maximum Gasteiger partial charge on any atom is 0.427 e. The summed E-state index contributed by atoms with van der Waals surface area (Å²) in [5.41, 5.74) is 2.93. The molecule has 0 aliphatic rings. The SMILES string of the molecule is COC(=O)N/N=C\c1cc(Br)ccc1OC. The van der Waals surface area contributed by atoms with E-state index in [1.165, 1.54) is 13.3 Å². The third kappa shape index (κ3) is 3.54. The molecular formula is C10H11BrN2O3. The minimum atomic E-state index is -0.620. The zero-order valence-corrected chi connectivity index (χ0v) is 10.4. The summed E-state index contributed by atoms with van der Waals surface area (Å²) in [4.78, 5) is 10.7. The molecule has 1 aromatic carbocycles. The third-order valence-corrected chi connectivity index (χ3v) is 2.23. The Morgan fingerprint density at radius 3 is 2.88 bits per heavy atom. The molecule has 0 fully saturated rings. The van der Waals surface area contributed by atoms with Gasteiger partial charge in [0.15, 0.2) is 0 Å². The molecular weight excluding hydrogens is 276 g/mol. The summed E-state index contributed by atoms with van der Waals surface area (Å²) in [6, 6.07) is 5.47. The fraction of sp³-hybridized carbons (Fsp3) is 0.200. The molecule has 0 aromatic heterocycles. The van der Waals surface area contributed by atoms with E-state index >= 15 is 0 Å².